The summed E-state index contributed by atoms with van der Waals surface area (Å²) in [4.78, 5) is 12.0. The first-order valence-corrected chi connectivity index (χ1v) is 8.13. The predicted molar refractivity (Wildman–Crippen MR) is 86.8 cm³/mol. The molecule has 1 aliphatic rings. The van der Waals surface area contributed by atoms with E-state index in [0.29, 0.717) is 24.5 Å². The molecule has 3 rings (SSSR count). The Labute approximate surface area is 137 Å². The van der Waals surface area contributed by atoms with Crippen molar-refractivity contribution in [1.82, 2.24) is 15.5 Å². The number of aliphatic hydroxyl groups is 1. The number of rotatable bonds is 5. The number of anilines is 1. The molecule has 122 valence electrons. The molecule has 2 heterocycles. The predicted octanol–water partition coefficient (Wildman–Crippen LogP) is 0.799. The van der Waals surface area contributed by atoms with Crippen LogP contribution in [-0.2, 0) is 11.2 Å². The molecule has 1 aliphatic heterocycles. The lowest BCUT2D eigenvalue weighted by molar-refractivity contribution is -0.117. The molecular formula is C15H18N4O3S. The van der Waals surface area contributed by atoms with Gasteiger partial charge in [-0.1, -0.05) is 23.5 Å². The van der Waals surface area contributed by atoms with Gasteiger partial charge in [-0.25, -0.2) is 0 Å². The second kappa shape index (κ2) is 7.03. The number of aromatic nitrogens is 2. The number of benzene rings is 1. The van der Waals surface area contributed by atoms with Crippen molar-refractivity contribution < 1.29 is 14.6 Å². The quantitative estimate of drug-likeness (QED) is 0.748. The smallest absolute Gasteiger partial charge is 0.243 e. The fraction of sp³-hybridized carbons (Fsp3) is 0.400. The molecule has 2 unspecified atom stereocenters. The molecule has 1 amide bonds. The molecule has 1 aromatic carbocycles. The third kappa shape index (κ3) is 4.04. The lowest BCUT2D eigenvalue weighted by Gasteiger charge is -2.07. The van der Waals surface area contributed by atoms with E-state index in [1.165, 1.54) is 11.3 Å². The van der Waals surface area contributed by atoms with Crippen LogP contribution in [0.1, 0.15) is 17.0 Å². The molecule has 2 aromatic rings. The Kier molecular flexibility index (Phi) is 4.85. The van der Waals surface area contributed by atoms with Gasteiger partial charge in [0.15, 0.2) is 0 Å². The topological polar surface area (TPSA) is 96.4 Å². The van der Waals surface area contributed by atoms with E-state index in [1.54, 1.807) is 7.11 Å². The number of amides is 1. The minimum atomic E-state index is -0.469. The summed E-state index contributed by atoms with van der Waals surface area (Å²) in [5.41, 5.74) is 1.07. The number of ether oxygens (including phenoxy) is 1. The first-order valence-electron chi connectivity index (χ1n) is 7.31. The van der Waals surface area contributed by atoms with Gasteiger partial charge in [0, 0.05) is 13.0 Å². The van der Waals surface area contributed by atoms with Crippen molar-refractivity contribution in [2.45, 2.75) is 25.0 Å². The van der Waals surface area contributed by atoms with Gasteiger partial charge in [0.2, 0.25) is 11.0 Å². The van der Waals surface area contributed by atoms with E-state index >= 15 is 0 Å². The number of nitrogens with zero attached hydrogens (tertiary/aromatic N) is 2. The Morgan fingerprint density at radius 1 is 1.52 bits per heavy atom. The van der Waals surface area contributed by atoms with Crippen LogP contribution in [0.4, 0.5) is 5.13 Å². The number of hydrogen-bond donors (Lipinski definition) is 3. The van der Waals surface area contributed by atoms with Crippen LogP contribution >= 0.6 is 11.3 Å². The summed E-state index contributed by atoms with van der Waals surface area (Å²) in [7, 11) is 1.63. The van der Waals surface area contributed by atoms with Gasteiger partial charge in [-0.15, -0.1) is 10.2 Å². The Morgan fingerprint density at radius 2 is 2.39 bits per heavy atom. The van der Waals surface area contributed by atoms with Crippen LogP contribution in [-0.4, -0.2) is 47.0 Å². The van der Waals surface area contributed by atoms with Crippen LogP contribution < -0.4 is 15.4 Å². The average molecular weight is 334 g/mol. The van der Waals surface area contributed by atoms with Gasteiger partial charge in [-0.3, -0.25) is 10.1 Å². The SMILES string of the molecule is COc1cccc(Cc2nnc(NC(=O)C3CC(O)CN3)s2)c1. The zero-order chi connectivity index (χ0) is 16.2. The lowest BCUT2D eigenvalue weighted by atomic mass is 10.1. The first kappa shape index (κ1) is 15.9. The van der Waals surface area contributed by atoms with Crippen LogP contribution in [0, 0.1) is 0 Å². The Balaban J connectivity index is 1.60. The number of carbonyl (C=O) groups is 1. The standard InChI is InChI=1S/C15H18N4O3S/c1-22-11-4-2-3-9(5-11)6-13-18-19-15(23-13)17-14(21)12-7-10(20)8-16-12/h2-5,10,12,16,20H,6-8H2,1H3,(H,17,19,21). The monoisotopic (exact) mass is 334 g/mol. The summed E-state index contributed by atoms with van der Waals surface area (Å²) in [5, 5.41) is 24.5. The Morgan fingerprint density at radius 3 is 3.13 bits per heavy atom. The van der Waals surface area contributed by atoms with Crippen molar-refractivity contribution in [2.75, 3.05) is 19.0 Å². The van der Waals surface area contributed by atoms with Gasteiger partial charge < -0.3 is 15.2 Å². The van der Waals surface area contributed by atoms with Crippen molar-refractivity contribution in [2.24, 2.45) is 0 Å². The highest BCUT2D eigenvalue weighted by atomic mass is 32.1. The maximum atomic E-state index is 12.0. The lowest BCUT2D eigenvalue weighted by Crippen LogP contribution is -2.35. The second-order valence-corrected chi connectivity index (χ2v) is 6.43. The minimum absolute atomic E-state index is 0.189. The van der Waals surface area contributed by atoms with E-state index in [4.69, 9.17) is 4.74 Å². The summed E-state index contributed by atoms with van der Waals surface area (Å²) in [6.45, 7) is 0.440. The van der Waals surface area contributed by atoms with E-state index in [1.807, 2.05) is 24.3 Å². The second-order valence-electron chi connectivity index (χ2n) is 5.37. The molecule has 0 bridgehead atoms. The Bertz CT molecular complexity index is 691. The third-order valence-corrected chi connectivity index (χ3v) is 4.45. The van der Waals surface area contributed by atoms with Gasteiger partial charge in [-0.2, -0.15) is 0 Å². The van der Waals surface area contributed by atoms with Crippen molar-refractivity contribution in [3.8, 4) is 5.75 Å². The normalized spacial score (nSPS) is 20.4. The van der Waals surface area contributed by atoms with Crippen LogP contribution in [0.25, 0.3) is 0 Å². The number of hydrogen-bond acceptors (Lipinski definition) is 7. The third-order valence-electron chi connectivity index (χ3n) is 3.61. The van der Waals surface area contributed by atoms with E-state index < -0.39 is 6.10 Å². The molecule has 0 spiro atoms. The van der Waals surface area contributed by atoms with Crippen molar-refractivity contribution in [1.29, 1.82) is 0 Å². The molecule has 23 heavy (non-hydrogen) atoms. The van der Waals surface area contributed by atoms with Gasteiger partial charge in [0.25, 0.3) is 0 Å². The molecular weight excluding hydrogens is 316 g/mol. The average Bonchev–Trinajstić information content (AvgIpc) is 3.16. The fourth-order valence-electron chi connectivity index (χ4n) is 2.44. The maximum absolute atomic E-state index is 12.0. The number of methoxy groups -OCH3 is 1. The van der Waals surface area contributed by atoms with Crippen molar-refractivity contribution >= 4 is 22.4 Å². The summed E-state index contributed by atoms with van der Waals surface area (Å²) in [6.07, 6.45) is 0.579. The van der Waals surface area contributed by atoms with Crippen LogP contribution in [0.5, 0.6) is 5.75 Å². The summed E-state index contributed by atoms with van der Waals surface area (Å²) in [6, 6.07) is 7.37. The Hall–Kier alpha value is -2.03. The summed E-state index contributed by atoms with van der Waals surface area (Å²) >= 11 is 1.34. The van der Waals surface area contributed by atoms with Crippen molar-refractivity contribution in [3.63, 3.8) is 0 Å². The molecule has 7 nitrogen and oxygen atoms in total. The van der Waals surface area contributed by atoms with Crippen LogP contribution in [0.15, 0.2) is 24.3 Å². The molecule has 1 fully saturated rings. The van der Waals surface area contributed by atoms with E-state index in [0.717, 1.165) is 16.3 Å². The number of nitrogens with one attached hydrogen (secondary N) is 2. The zero-order valence-corrected chi connectivity index (χ0v) is 13.5. The van der Waals surface area contributed by atoms with Gasteiger partial charge >= 0.3 is 0 Å². The zero-order valence-electron chi connectivity index (χ0n) is 12.7. The van der Waals surface area contributed by atoms with E-state index in [-0.39, 0.29) is 11.9 Å². The number of β-amino-alcohol motifs (C(OH)–C–C–N with tert-alkyl or cyclic N) is 1. The highest BCUT2D eigenvalue weighted by Crippen LogP contribution is 2.21. The molecule has 1 saturated heterocycles. The number of aliphatic hydroxyl groups excluding tert-OH is 1. The number of carbonyl (C=O) groups excluding carboxylic acids is 1. The highest BCUT2D eigenvalue weighted by Gasteiger charge is 2.28. The fourth-order valence-corrected chi connectivity index (χ4v) is 3.22. The molecule has 8 heteroatoms. The minimum Gasteiger partial charge on any atom is -0.497 e. The summed E-state index contributed by atoms with van der Waals surface area (Å²) < 4.78 is 5.20. The van der Waals surface area contributed by atoms with Crippen LogP contribution in [0.3, 0.4) is 0 Å². The largest absolute Gasteiger partial charge is 0.497 e. The molecule has 3 N–H and O–H groups in total. The summed E-state index contributed by atoms with van der Waals surface area (Å²) in [5.74, 6) is 0.608. The van der Waals surface area contributed by atoms with Crippen molar-refractivity contribution in [3.05, 3.63) is 34.8 Å². The molecule has 0 aliphatic carbocycles. The molecule has 2 atom stereocenters. The molecule has 1 aromatic heterocycles. The van der Waals surface area contributed by atoms with E-state index in [2.05, 4.69) is 20.8 Å². The van der Waals surface area contributed by atoms with Gasteiger partial charge in [0.1, 0.15) is 10.8 Å². The maximum Gasteiger partial charge on any atom is 0.243 e. The molecule has 0 saturated carbocycles. The molecule has 0 radical (unpaired) electrons. The van der Waals surface area contributed by atoms with E-state index in [9.17, 15) is 9.90 Å². The highest BCUT2D eigenvalue weighted by molar-refractivity contribution is 7.15. The van der Waals surface area contributed by atoms with Gasteiger partial charge in [-0.05, 0) is 24.1 Å². The first-order chi connectivity index (χ1) is 11.1. The van der Waals surface area contributed by atoms with Crippen LogP contribution in [0.2, 0.25) is 0 Å². The van der Waals surface area contributed by atoms with Gasteiger partial charge in [0.05, 0.1) is 19.3 Å².